The lowest BCUT2D eigenvalue weighted by molar-refractivity contribution is -0.103. The second-order valence-corrected chi connectivity index (χ2v) is 8.99. The lowest BCUT2D eigenvalue weighted by Gasteiger charge is -2.60. The topological polar surface area (TPSA) is 0 Å². The first kappa shape index (κ1) is 14.9. The first-order chi connectivity index (χ1) is 9.13. The lowest BCUT2D eigenvalue weighted by Crippen LogP contribution is -2.51. The Morgan fingerprint density at radius 3 is 2.40 bits per heavy atom. The van der Waals surface area contributed by atoms with Gasteiger partial charge in [-0.05, 0) is 93.3 Å². The number of hydrogen-bond acceptors (Lipinski definition) is 0. The molecule has 0 spiro atoms. The summed E-state index contributed by atoms with van der Waals surface area (Å²) in [7, 11) is 0. The third kappa shape index (κ3) is 1.92. The maximum absolute atomic E-state index is 2.70. The molecule has 0 heteroatoms. The van der Waals surface area contributed by atoms with Gasteiger partial charge in [0.05, 0.1) is 0 Å². The van der Waals surface area contributed by atoms with Gasteiger partial charge in [0.2, 0.25) is 0 Å². The van der Waals surface area contributed by atoms with Crippen LogP contribution in [0.3, 0.4) is 0 Å². The van der Waals surface area contributed by atoms with Gasteiger partial charge >= 0.3 is 0 Å². The average Bonchev–Trinajstić information content (AvgIpc) is 2.79. The summed E-state index contributed by atoms with van der Waals surface area (Å²) < 4.78 is 0. The van der Waals surface area contributed by atoms with E-state index < -0.39 is 0 Å². The maximum Gasteiger partial charge on any atom is -0.0266 e. The number of rotatable bonds is 0. The predicted octanol–water partition coefficient (Wildman–Crippen LogP) is 6.01. The van der Waals surface area contributed by atoms with Crippen LogP contribution in [-0.4, -0.2) is 0 Å². The molecule has 0 saturated heterocycles. The van der Waals surface area contributed by atoms with Gasteiger partial charge in [0.1, 0.15) is 0 Å². The van der Waals surface area contributed by atoms with E-state index >= 15 is 0 Å². The maximum atomic E-state index is 2.70. The summed E-state index contributed by atoms with van der Waals surface area (Å²) >= 11 is 0. The van der Waals surface area contributed by atoms with E-state index in [0.29, 0.717) is 0 Å². The fourth-order valence-electron chi connectivity index (χ4n) is 7.29. The van der Waals surface area contributed by atoms with Crippen LogP contribution in [0.4, 0.5) is 0 Å². The van der Waals surface area contributed by atoms with Crippen molar-refractivity contribution in [1.82, 2.24) is 0 Å². The van der Waals surface area contributed by atoms with E-state index in [1.807, 2.05) is 0 Å². The van der Waals surface area contributed by atoms with Crippen molar-refractivity contribution in [3.8, 4) is 0 Å². The molecule has 0 bridgehead atoms. The van der Waals surface area contributed by atoms with Crippen LogP contribution in [0.5, 0.6) is 0 Å². The molecule has 0 amide bonds. The molecule has 0 aromatic heterocycles. The molecule has 0 N–H and O–H groups in total. The third-order valence-electron chi connectivity index (χ3n) is 8.36. The Morgan fingerprint density at radius 1 is 0.700 bits per heavy atom. The molecule has 0 unspecified atom stereocenters. The second kappa shape index (κ2) is 5.03. The summed E-state index contributed by atoms with van der Waals surface area (Å²) in [5.74, 6) is 4.41. The zero-order valence-corrected chi connectivity index (χ0v) is 13.7. The van der Waals surface area contributed by atoms with Gasteiger partial charge in [-0.25, -0.2) is 0 Å². The SMILES string of the molecule is C[C@@]12CCC[C@H]1[C@@H]1CC[C@H]3CCCC[C@]3(C)[C@H]1CC2.[CH]. The van der Waals surface area contributed by atoms with Gasteiger partial charge in [-0.3, -0.25) is 0 Å². The molecular weight excluding hydrogens is 240 g/mol. The quantitative estimate of drug-likeness (QED) is 0.506. The summed E-state index contributed by atoms with van der Waals surface area (Å²) in [6.07, 6.45) is 17.1. The highest BCUT2D eigenvalue weighted by molar-refractivity contribution is 5.06. The van der Waals surface area contributed by atoms with Crippen molar-refractivity contribution in [1.29, 1.82) is 0 Å². The number of fused-ring (bicyclic) bond motifs is 5. The van der Waals surface area contributed by atoms with E-state index in [0.717, 1.165) is 34.5 Å². The third-order valence-corrected chi connectivity index (χ3v) is 8.36. The van der Waals surface area contributed by atoms with E-state index in [1.165, 1.54) is 19.3 Å². The monoisotopic (exact) mass is 273 g/mol. The van der Waals surface area contributed by atoms with Crippen LogP contribution in [0.2, 0.25) is 0 Å². The molecule has 0 aromatic carbocycles. The van der Waals surface area contributed by atoms with Gasteiger partial charge in [-0.1, -0.05) is 33.1 Å². The van der Waals surface area contributed by atoms with Gasteiger partial charge in [0, 0.05) is 0 Å². The zero-order valence-electron chi connectivity index (χ0n) is 13.7. The molecule has 0 aromatic rings. The van der Waals surface area contributed by atoms with Crippen molar-refractivity contribution >= 4 is 0 Å². The fourth-order valence-corrected chi connectivity index (χ4v) is 7.29. The Hall–Kier alpha value is 0. The van der Waals surface area contributed by atoms with Gasteiger partial charge in [-0.15, -0.1) is 0 Å². The first-order valence-electron chi connectivity index (χ1n) is 9.13. The zero-order chi connectivity index (χ0) is 13.1. The normalized spacial score (nSPS) is 54.3. The van der Waals surface area contributed by atoms with Crippen LogP contribution in [-0.2, 0) is 0 Å². The van der Waals surface area contributed by atoms with Crippen LogP contribution >= 0.6 is 0 Å². The number of hydrogen-bond donors (Lipinski definition) is 0. The van der Waals surface area contributed by atoms with Crippen molar-refractivity contribution in [2.75, 3.05) is 0 Å². The molecule has 20 heavy (non-hydrogen) atoms. The summed E-state index contributed by atoms with van der Waals surface area (Å²) in [4.78, 5) is 0. The van der Waals surface area contributed by atoms with Gasteiger partial charge in [0.15, 0.2) is 0 Å². The van der Waals surface area contributed by atoms with Crippen LogP contribution < -0.4 is 0 Å². The van der Waals surface area contributed by atoms with Crippen molar-refractivity contribution in [2.24, 2.45) is 34.5 Å². The summed E-state index contributed by atoms with van der Waals surface area (Å²) in [6, 6.07) is 0. The van der Waals surface area contributed by atoms with E-state index in [1.54, 1.807) is 51.4 Å². The van der Waals surface area contributed by atoms with Crippen molar-refractivity contribution < 1.29 is 0 Å². The molecule has 113 valence electrons. The molecule has 6 atom stereocenters. The Labute approximate surface area is 127 Å². The molecule has 0 nitrogen and oxygen atoms in total. The molecule has 4 aliphatic rings. The molecule has 0 aliphatic heterocycles. The van der Waals surface area contributed by atoms with Gasteiger partial charge in [-0.2, -0.15) is 0 Å². The van der Waals surface area contributed by atoms with Crippen LogP contribution in [0.1, 0.15) is 84.5 Å². The van der Waals surface area contributed by atoms with Crippen LogP contribution in [0, 0.1) is 41.9 Å². The molecule has 4 aliphatic carbocycles. The van der Waals surface area contributed by atoms with Gasteiger partial charge < -0.3 is 0 Å². The van der Waals surface area contributed by atoms with Gasteiger partial charge in [0.25, 0.3) is 0 Å². The van der Waals surface area contributed by atoms with Crippen molar-refractivity contribution in [3.05, 3.63) is 7.43 Å². The summed E-state index contributed by atoms with van der Waals surface area (Å²) in [6.45, 7) is 5.33. The molecule has 3 radical (unpaired) electrons. The standard InChI is InChI=1S/C19H32.CH/c1-18-11-5-7-16(18)15-9-8-14-6-3-4-12-19(14,2)17(15)10-13-18;/h14-17H,3-13H2,1-2H3;1H/t14-,15+,16+,17+,18+,19+;/m1./s1. The first-order valence-corrected chi connectivity index (χ1v) is 9.13. The summed E-state index contributed by atoms with van der Waals surface area (Å²) in [5.41, 5.74) is 1.49. The molecule has 4 fully saturated rings. The van der Waals surface area contributed by atoms with Crippen LogP contribution in [0.25, 0.3) is 0 Å². The Kier molecular flexibility index (Phi) is 3.75. The fraction of sp³-hybridized carbons (Fsp3) is 0.950. The van der Waals surface area contributed by atoms with E-state index in [4.69, 9.17) is 0 Å². The second-order valence-electron chi connectivity index (χ2n) is 8.99. The highest BCUT2D eigenvalue weighted by Gasteiger charge is 2.56. The average molecular weight is 273 g/mol. The Balaban J connectivity index is 0.00000121. The largest absolute Gasteiger partial charge is 0.0594 e. The van der Waals surface area contributed by atoms with E-state index in [2.05, 4.69) is 13.8 Å². The van der Waals surface area contributed by atoms with E-state index in [-0.39, 0.29) is 7.43 Å². The van der Waals surface area contributed by atoms with Crippen molar-refractivity contribution in [2.45, 2.75) is 84.5 Å². The highest BCUT2D eigenvalue weighted by Crippen LogP contribution is 2.66. The Morgan fingerprint density at radius 2 is 1.55 bits per heavy atom. The minimum atomic E-state index is 0. The summed E-state index contributed by atoms with van der Waals surface area (Å²) in [5, 5.41) is 0. The smallest absolute Gasteiger partial charge is 0.0266 e. The molecule has 4 rings (SSSR count). The lowest BCUT2D eigenvalue weighted by atomic mass is 9.45. The molecule has 0 heterocycles. The van der Waals surface area contributed by atoms with Crippen molar-refractivity contribution in [3.63, 3.8) is 0 Å². The molecule has 4 saturated carbocycles. The van der Waals surface area contributed by atoms with E-state index in [9.17, 15) is 0 Å². The highest BCUT2D eigenvalue weighted by atomic mass is 14.6. The van der Waals surface area contributed by atoms with Crippen LogP contribution in [0.15, 0.2) is 0 Å². The predicted molar refractivity (Wildman–Crippen MR) is 85.3 cm³/mol. The molecular formula is C20H33. The minimum Gasteiger partial charge on any atom is -0.0594 e. The Bertz CT molecular complexity index is 359. The minimum absolute atomic E-state index is 0.